The van der Waals surface area contributed by atoms with Gasteiger partial charge in [-0.1, -0.05) is 106 Å². The third kappa shape index (κ3) is 28.3. The third-order valence-corrected chi connectivity index (χ3v) is 5.30. The fourth-order valence-corrected chi connectivity index (χ4v) is 3.44. The molecule has 0 fully saturated rings. The minimum absolute atomic E-state index is 0.622. The van der Waals surface area contributed by atoms with Gasteiger partial charge in [0.1, 0.15) is 0 Å². The summed E-state index contributed by atoms with van der Waals surface area (Å²) in [6.45, 7) is 7.75. The van der Waals surface area contributed by atoms with Crippen molar-refractivity contribution in [2.24, 2.45) is 0 Å². The van der Waals surface area contributed by atoms with Crippen molar-refractivity contribution in [2.75, 3.05) is 58.2 Å². The number of ether oxygens (including phenoxy) is 4. The second-order valence-corrected chi connectivity index (χ2v) is 8.53. The highest BCUT2D eigenvalue weighted by Crippen LogP contribution is 2.12. The van der Waals surface area contributed by atoms with Crippen LogP contribution in [0.3, 0.4) is 0 Å². The molecule has 0 aliphatic carbocycles. The molecule has 0 saturated heterocycles. The van der Waals surface area contributed by atoms with E-state index in [0.29, 0.717) is 39.6 Å². The van der Waals surface area contributed by atoms with Crippen LogP contribution in [0, 0.1) is 0 Å². The van der Waals surface area contributed by atoms with Crippen molar-refractivity contribution in [3.63, 3.8) is 0 Å². The molecule has 0 heterocycles. The van der Waals surface area contributed by atoms with Gasteiger partial charge in [0.25, 0.3) is 0 Å². The Bertz CT molecular complexity index is 254. The van der Waals surface area contributed by atoms with Gasteiger partial charge >= 0.3 is 0 Å². The van der Waals surface area contributed by atoms with Gasteiger partial charge in [-0.15, -0.1) is 0 Å². The molecule has 0 rings (SSSR count). The first kappa shape index (κ1) is 29.3. The SMILES string of the molecule is CCCCCCCCCCCCCCCCOCCOCCOCCOCCBr. The molecule has 29 heavy (non-hydrogen) atoms. The first-order chi connectivity index (χ1) is 14.4. The predicted octanol–water partition coefficient (Wildman–Crippen LogP) is 6.93. The van der Waals surface area contributed by atoms with E-state index in [0.717, 1.165) is 18.5 Å². The maximum absolute atomic E-state index is 5.62. The van der Waals surface area contributed by atoms with E-state index in [1.54, 1.807) is 0 Å². The number of rotatable bonds is 26. The largest absolute Gasteiger partial charge is 0.379 e. The van der Waals surface area contributed by atoms with E-state index in [-0.39, 0.29) is 0 Å². The van der Waals surface area contributed by atoms with E-state index < -0.39 is 0 Å². The van der Waals surface area contributed by atoms with Crippen molar-refractivity contribution in [3.8, 4) is 0 Å². The second kappa shape index (κ2) is 28.3. The Labute approximate surface area is 189 Å². The van der Waals surface area contributed by atoms with Gasteiger partial charge in [-0.25, -0.2) is 0 Å². The highest BCUT2D eigenvalue weighted by atomic mass is 79.9. The standard InChI is InChI=1S/C24H49BrO4/c1-2-3-4-5-6-7-8-9-10-11-12-13-14-15-17-26-19-21-28-23-24-29-22-20-27-18-16-25/h2-24H2,1H3. The molecule has 0 aromatic heterocycles. The van der Waals surface area contributed by atoms with Crippen LogP contribution in [0.4, 0.5) is 0 Å². The van der Waals surface area contributed by atoms with Crippen LogP contribution in [0.15, 0.2) is 0 Å². The van der Waals surface area contributed by atoms with Crippen LogP contribution >= 0.6 is 15.9 Å². The predicted molar refractivity (Wildman–Crippen MR) is 127 cm³/mol. The average molecular weight is 482 g/mol. The zero-order valence-electron chi connectivity index (χ0n) is 19.3. The van der Waals surface area contributed by atoms with Crippen molar-refractivity contribution in [2.45, 2.75) is 96.8 Å². The highest BCUT2D eigenvalue weighted by molar-refractivity contribution is 9.09. The lowest BCUT2D eigenvalue weighted by atomic mass is 10.0. The van der Waals surface area contributed by atoms with Crippen LogP contribution in [-0.4, -0.2) is 58.2 Å². The summed E-state index contributed by atoms with van der Waals surface area (Å²) in [5, 5.41) is 0.871. The number of hydrogen-bond donors (Lipinski definition) is 0. The van der Waals surface area contributed by atoms with Gasteiger partial charge in [0.2, 0.25) is 0 Å². The molecule has 0 aromatic carbocycles. The van der Waals surface area contributed by atoms with Gasteiger partial charge in [0, 0.05) is 11.9 Å². The summed E-state index contributed by atoms with van der Waals surface area (Å²) in [7, 11) is 0. The van der Waals surface area contributed by atoms with Crippen LogP contribution in [0.5, 0.6) is 0 Å². The van der Waals surface area contributed by atoms with Crippen molar-refractivity contribution in [1.82, 2.24) is 0 Å². The topological polar surface area (TPSA) is 36.9 Å². The van der Waals surface area contributed by atoms with Gasteiger partial charge < -0.3 is 18.9 Å². The molecule has 0 atom stereocenters. The van der Waals surface area contributed by atoms with Crippen molar-refractivity contribution >= 4 is 15.9 Å². The monoisotopic (exact) mass is 480 g/mol. The van der Waals surface area contributed by atoms with E-state index in [4.69, 9.17) is 18.9 Å². The van der Waals surface area contributed by atoms with Gasteiger partial charge in [0.15, 0.2) is 0 Å². The molecular weight excluding hydrogens is 432 g/mol. The Morgan fingerprint density at radius 3 is 1.07 bits per heavy atom. The van der Waals surface area contributed by atoms with Crippen molar-refractivity contribution in [3.05, 3.63) is 0 Å². The van der Waals surface area contributed by atoms with Gasteiger partial charge in [0.05, 0.1) is 46.2 Å². The summed E-state index contributed by atoms with van der Waals surface area (Å²) < 4.78 is 21.8. The van der Waals surface area contributed by atoms with Gasteiger partial charge in [-0.2, -0.15) is 0 Å². The highest BCUT2D eigenvalue weighted by Gasteiger charge is 1.95. The van der Waals surface area contributed by atoms with Crippen LogP contribution in [0.1, 0.15) is 96.8 Å². The molecule has 0 saturated carbocycles. The van der Waals surface area contributed by atoms with E-state index in [2.05, 4.69) is 22.9 Å². The van der Waals surface area contributed by atoms with Crippen LogP contribution in [0.25, 0.3) is 0 Å². The molecule has 0 bridgehead atoms. The lowest BCUT2D eigenvalue weighted by molar-refractivity contribution is -0.000538. The molecule has 0 aromatic rings. The quantitative estimate of drug-likeness (QED) is 0.0992. The molecule has 4 nitrogen and oxygen atoms in total. The molecule has 0 aliphatic heterocycles. The van der Waals surface area contributed by atoms with E-state index in [9.17, 15) is 0 Å². The smallest absolute Gasteiger partial charge is 0.0701 e. The summed E-state index contributed by atoms with van der Waals surface area (Å²) in [4.78, 5) is 0. The van der Waals surface area contributed by atoms with E-state index >= 15 is 0 Å². The van der Waals surface area contributed by atoms with Crippen LogP contribution in [-0.2, 0) is 18.9 Å². The molecular formula is C24H49BrO4. The molecule has 176 valence electrons. The van der Waals surface area contributed by atoms with E-state index in [1.165, 1.54) is 89.9 Å². The number of alkyl halides is 1. The van der Waals surface area contributed by atoms with Gasteiger partial charge in [-0.3, -0.25) is 0 Å². The number of hydrogen-bond acceptors (Lipinski definition) is 4. The molecule has 0 unspecified atom stereocenters. The molecule has 0 radical (unpaired) electrons. The summed E-state index contributed by atoms with van der Waals surface area (Å²) >= 11 is 3.32. The van der Waals surface area contributed by atoms with Crippen molar-refractivity contribution < 1.29 is 18.9 Å². The number of halogens is 1. The normalized spacial score (nSPS) is 11.4. The lowest BCUT2D eigenvalue weighted by Crippen LogP contribution is -2.12. The number of unbranched alkanes of at least 4 members (excludes halogenated alkanes) is 13. The minimum Gasteiger partial charge on any atom is -0.379 e. The first-order valence-corrected chi connectivity index (χ1v) is 13.4. The zero-order valence-corrected chi connectivity index (χ0v) is 20.9. The second-order valence-electron chi connectivity index (χ2n) is 7.73. The molecule has 0 aliphatic rings. The summed E-state index contributed by atoms with van der Waals surface area (Å²) in [5.74, 6) is 0. The maximum atomic E-state index is 5.62. The van der Waals surface area contributed by atoms with Crippen LogP contribution < -0.4 is 0 Å². The molecule has 0 N–H and O–H groups in total. The zero-order chi connectivity index (χ0) is 21.1. The maximum Gasteiger partial charge on any atom is 0.0701 e. The minimum atomic E-state index is 0.622. The van der Waals surface area contributed by atoms with Crippen LogP contribution in [0.2, 0.25) is 0 Å². The van der Waals surface area contributed by atoms with Gasteiger partial charge in [-0.05, 0) is 6.42 Å². The summed E-state index contributed by atoms with van der Waals surface area (Å²) in [6, 6.07) is 0. The summed E-state index contributed by atoms with van der Waals surface area (Å²) in [5.41, 5.74) is 0. The summed E-state index contributed by atoms with van der Waals surface area (Å²) in [6.07, 6.45) is 19.5. The first-order valence-electron chi connectivity index (χ1n) is 12.3. The molecule has 5 heteroatoms. The Kier molecular flexibility index (Phi) is 28.6. The fourth-order valence-electron chi connectivity index (χ4n) is 3.22. The van der Waals surface area contributed by atoms with Crippen molar-refractivity contribution in [1.29, 1.82) is 0 Å². The Balaban J connectivity index is 2.97. The average Bonchev–Trinajstić information content (AvgIpc) is 2.74. The Morgan fingerprint density at radius 1 is 0.379 bits per heavy atom. The Hall–Kier alpha value is 0.320. The lowest BCUT2D eigenvalue weighted by Gasteiger charge is -2.07. The Morgan fingerprint density at radius 2 is 0.690 bits per heavy atom. The third-order valence-electron chi connectivity index (χ3n) is 4.98. The molecule has 0 amide bonds. The molecule has 0 spiro atoms. The van der Waals surface area contributed by atoms with E-state index in [1.807, 2.05) is 0 Å². The fraction of sp³-hybridized carbons (Fsp3) is 1.00.